The predicted octanol–water partition coefficient (Wildman–Crippen LogP) is 1.69. The average molecular weight is 373 g/mol. The first-order valence-corrected chi connectivity index (χ1v) is 9.43. The molecule has 2 aromatic rings. The van der Waals surface area contributed by atoms with Gasteiger partial charge >= 0.3 is 0 Å². The lowest BCUT2D eigenvalue weighted by Crippen LogP contribution is -2.29. The molecule has 0 unspecified atom stereocenters. The van der Waals surface area contributed by atoms with Crippen molar-refractivity contribution in [2.75, 3.05) is 23.7 Å². The second-order valence-corrected chi connectivity index (χ2v) is 7.03. The maximum atomic E-state index is 12.3. The van der Waals surface area contributed by atoms with E-state index >= 15 is 0 Å². The quantitative estimate of drug-likeness (QED) is 0.605. The molecule has 1 heterocycles. The highest BCUT2D eigenvalue weighted by Gasteiger charge is 2.13. The molecular weight excluding hydrogens is 354 g/mol. The molecule has 9 heteroatoms. The van der Waals surface area contributed by atoms with E-state index in [4.69, 9.17) is 5.26 Å². The molecule has 0 atom stereocenters. The third-order valence-corrected chi connectivity index (χ3v) is 4.88. The van der Waals surface area contributed by atoms with Crippen molar-refractivity contribution in [2.24, 2.45) is 0 Å². The first-order chi connectivity index (χ1) is 12.5. The summed E-state index contributed by atoms with van der Waals surface area (Å²) in [7, 11) is -3.67. The third kappa shape index (κ3) is 5.27. The fraction of sp³-hybridized carbons (Fsp3) is 0.235. The van der Waals surface area contributed by atoms with Gasteiger partial charge in [0.1, 0.15) is 11.9 Å². The second-order valence-electron chi connectivity index (χ2n) is 5.26. The number of anilines is 2. The number of nitrogens with zero attached hydrogens (tertiary/aromatic N) is 2. The number of pyridine rings is 1. The molecule has 1 aromatic heterocycles. The molecule has 0 aliphatic rings. The SMILES string of the molecule is CCC(=O)Nc1ccc(S(=O)(=O)NCCNc2ncccc2C#N)cc1. The Morgan fingerprint density at radius 2 is 1.92 bits per heavy atom. The van der Waals surface area contributed by atoms with Crippen LogP contribution in [0.4, 0.5) is 11.5 Å². The van der Waals surface area contributed by atoms with E-state index < -0.39 is 10.0 Å². The van der Waals surface area contributed by atoms with Gasteiger partial charge in [0.05, 0.1) is 10.5 Å². The first kappa shape index (κ1) is 19.4. The molecule has 0 saturated heterocycles. The zero-order valence-corrected chi connectivity index (χ0v) is 15.0. The number of nitrogens with one attached hydrogen (secondary N) is 3. The minimum atomic E-state index is -3.67. The van der Waals surface area contributed by atoms with E-state index in [-0.39, 0.29) is 23.9 Å². The van der Waals surface area contributed by atoms with Gasteiger partial charge in [0, 0.05) is 31.4 Å². The zero-order valence-electron chi connectivity index (χ0n) is 14.2. The molecule has 0 aliphatic carbocycles. The second kappa shape index (κ2) is 8.94. The average Bonchev–Trinajstić information content (AvgIpc) is 2.66. The number of sulfonamides is 1. The Kier molecular flexibility index (Phi) is 6.66. The summed E-state index contributed by atoms with van der Waals surface area (Å²) in [6, 6.07) is 11.2. The summed E-state index contributed by atoms with van der Waals surface area (Å²) in [5.41, 5.74) is 0.928. The van der Waals surface area contributed by atoms with Crippen LogP contribution >= 0.6 is 0 Å². The van der Waals surface area contributed by atoms with Crippen LogP contribution < -0.4 is 15.4 Å². The van der Waals surface area contributed by atoms with Crippen molar-refractivity contribution in [1.82, 2.24) is 9.71 Å². The monoisotopic (exact) mass is 373 g/mol. The molecular formula is C17H19N5O3S. The molecule has 1 amide bonds. The molecule has 3 N–H and O–H groups in total. The number of hydrogen-bond acceptors (Lipinski definition) is 6. The summed E-state index contributed by atoms with van der Waals surface area (Å²) in [5.74, 6) is 0.265. The summed E-state index contributed by atoms with van der Waals surface area (Å²) in [5, 5.41) is 14.5. The maximum Gasteiger partial charge on any atom is 0.240 e. The highest BCUT2D eigenvalue weighted by Crippen LogP contribution is 2.14. The van der Waals surface area contributed by atoms with E-state index in [9.17, 15) is 13.2 Å². The van der Waals surface area contributed by atoms with E-state index in [0.717, 1.165) is 0 Å². The fourth-order valence-electron chi connectivity index (χ4n) is 2.05. The van der Waals surface area contributed by atoms with Gasteiger partial charge in [0.2, 0.25) is 15.9 Å². The van der Waals surface area contributed by atoms with Gasteiger partial charge in [0.15, 0.2) is 0 Å². The Balaban J connectivity index is 1.90. The van der Waals surface area contributed by atoms with E-state index in [1.807, 2.05) is 6.07 Å². The molecule has 0 spiro atoms. The summed E-state index contributed by atoms with van der Waals surface area (Å²) in [4.78, 5) is 15.5. The van der Waals surface area contributed by atoms with Crippen molar-refractivity contribution in [3.63, 3.8) is 0 Å². The highest BCUT2D eigenvalue weighted by molar-refractivity contribution is 7.89. The zero-order chi connectivity index (χ0) is 19.0. The van der Waals surface area contributed by atoms with Gasteiger partial charge in [-0.25, -0.2) is 18.1 Å². The number of amides is 1. The molecule has 136 valence electrons. The van der Waals surface area contributed by atoms with Crippen LogP contribution in [-0.2, 0) is 14.8 Å². The standard InChI is InChI=1S/C17H19N5O3S/c1-2-16(23)22-14-5-7-15(8-6-14)26(24,25)21-11-10-20-17-13(12-18)4-3-9-19-17/h3-9,21H,2,10-11H2,1H3,(H,19,20)(H,22,23). The van der Waals surface area contributed by atoms with Crippen molar-refractivity contribution in [2.45, 2.75) is 18.2 Å². The number of hydrogen-bond donors (Lipinski definition) is 3. The minimum Gasteiger partial charge on any atom is -0.368 e. The fourth-order valence-corrected chi connectivity index (χ4v) is 3.08. The van der Waals surface area contributed by atoms with Crippen LogP contribution in [-0.4, -0.2) is 32.4 Å². The van der Waals surface area contributed by atoms with Crippen LogP contribution in [0, 0.1) is 11.3 Å². The van der Waals surface area contributed by atoms with E-state index in [2.05, 4.69) is 20.3 Å². The van der Waals surface area contributed by atoms with Crippen LogP contribution in [0.1, 0.15) is 18.9 Å². The molecule has 1 aromatic carbocycles. The van der Waals surface area contributed by atoms with Crippen molar-refractivity contribution in [3.05, 3.63) is 48.2 Å². The Hall–Kier alpha value is -2.96. The van der Waals surface area contributed by atoms with Crippen LogP contribution in [0.3, 0.4) is 0 Å². The molecule has 26 heavy (non-hydrogen) atoms. The summed E-state index contributed by atoms with van der Waals surface area (Å²) < 4.78 is 27.0. The summed E-state index contributed by atoms with van der Waals surface area (Å²) in [6.45, 7) is 2.13. The van der Waals surface area contributed by atoms with Crippen LogP contribution in [0.5, 0.6) is 0 Å². The molecule has 2 rings (SSSR count). The van der Waals surface area contributed by atoms with Gasteiger partial charge in [-0.05, 0) is 36.4 Å². The maximum absolute atomic E-state index is 12.3. The van der Waals surface area contributed by atoms with Crippen LogP contribution in [0.15, 0.2) is 47.5 Å². The molecule has 0 radical (unpaired) electrons. The Morgan fingerprint density at radius 3 is 2.58 bits per heavy atom. The largest absolute Gasteiger partial charge is 0.368 e. The molecule has 8 nitrogen and oxygen atoms in total. The molecule has 0 aliphatic heterocycles. The minimum absolute atomic E-state index is 0.0996. The van der Waals surface area contributed by atoms with Gasteiger partial charge in [-0.2, -0.15) is 5.26 Å². The van der Waals surface area contributed by atoms with Crippen LogP contribution in [0.25, 0.3) is 0 Å². The normalized spacial score (nSPS) is 10.8. The van der Waals surface area contributed by atoms with E-state index in [0.29, 0.717) is 23.5 Å². The lowest BCUT2D eigenvalue weighted by atomic mass is 10.3. The van der Waals surface area contributed by atoms with E-state index in [1.54, 1.807) is 25.3 Å². The first-order valence-electron chi connectivity index (χ1n) is 7.95. The number of aromatic nitrogens is 1. The smallest absolute Gasteiger partial charge is 0.240 e. The van der Waals surface area contributed by atoms with E-state index in [1.165, 1.54) is 24.3 Å². The summed E-state index contributed by atoms with van der Waals surface area (Å²) in [6.07, 6.45) is 1.89. The van der Waals surface area contributed by atoms with Crippen molar-refractivity contribution in [1.29, 1.82) is 5.26 Å². The Labute approximate surface area is 152 Å². The molecule has 0 bridgehead atoms. The molecule has 0 saturated carbocycles. The lowest BCUT2D eigenvalue weighted by molar-refractivity contribution is -0.115. The Bertz CT molecular complexity index is 905. The van der Waals surface area contributed by atoms with Gasteiger partial charge in [-0.15, -0.1) is 0 Å². The number of nitriles is 1. The predicted molar refractivity (Wildman–Crippen MR) is 98.0 cm³/mol. The van der Waals surface area contributed by atoms with Crippen molar-refractivity contribution < 1.29 is 13.2 Å². The number of rotatable bonds is 8. The van der Waals surface area contributed by atoms with Crippen molar-refractivity contribution >= 4 is 27.4 Å². The van der Waals surface area contributed by atoms with Gasteiger partial charge in [-0.1, -0.05) is 6.92 Å². The van der Waals surface area contributed by atoms with Gasteiger partial charge < -0.3 is 10.6 Å². The number of carbonyl (C=O) groups excluding carboxylic acids is 1. The third-order valence-electron chi connectivity index (χ3n) is 3.41. The summed E-state index contributed by atoms with van der Waals surface area (Å²) >= 11 is 0. The lowest BCUT2D eigenvalue weighted by Gasteiger charge is -2.10. The van der Waals surface area contributed by atoms with Crippen LogP contribution in [0.2, 0.25) is 0 Å². The highest BCUT2D eigenvalue weighted by atomic mass is 32.2. The number of benzene rings is 1. The van der Waals surface area contributed by atoms with Gasteiger partial charge in [-0.3, -0.25) is 4.79 Å². The van der Waals surface area contributed by atoms with Crippen molar-refractivity contribution in [3.8, 4) is 6.07 Å². The topological polar surface area (TPSA) is 124 Å². The van der Waals surface area contributed by atoms with Gasteiger partial charge in [0.25, 0.3) is 0 Å². The molecule has 0 fully saturated rings. The Morgan fingerprint density at radius 1 is 1.19 bits per heavy atom. The number of carbonyl (C=O) groups is 1.